The lowest BCUT2D eigenvalue weighted by Gasteiger charge is -2.03. The molecule has 1 aromatic heterocycles. The number of rotatable bonds is 7. The van der Waals surface area contributed by atoms with E-state index >= 15 is 0 Å². The average molecular weight is 291 g/mol. The number of nitrogens with zero attached hydrogens (tertiary/aromatic N) is 2. The normalized spacial score (nSPS) is 10.6. The van der Waals surface area contributed by atoms with Crippen LogP contribution in [-0.2, 0) is 6.42 Å². The van der Waals surface area contributed by atoms with E-state index in [9.17, 15) is 10.1 Å². The standard InChI is InChI=1S/C14H17N3O4/c1-15-7-3-4-14-16-9-13(21-14)10-5-6-11(17(18)19)12(8-10)20-2/h5-6,8-9,15H,3-4,7H2,1-2H3. The van der Waals surface area contributed by atoms with E-state index in [-0.39, 0.29) is 11.4 Å². The van der Waals surface area contributed by atoms with Crippen LogP contribution in [0.5, 0.6) is 5.75 Å². The van der Waals surface area contributed by atoms with Crippen LogP contribution in [0.3, 0.4) is 0 Å². The lowest BCUT2D eigenvalue weighted by atomic mass is 10.1. The van der Waals surface area contributed by atoms with Crippen molar-refractivity contribution >= 4 is 5.69 Å². The lowest BCUT2D eigenvalue weighted by Crippen LogP contribution is -2.08. The molecule has 0 fully saturated rings. The zero-order chi connectivity index (χ0) is 15.2. The summed E-state index contributed by atoms with van der Waals surface area (Å²) in [6.07, 6.45) is 3.29. The van der Waals surface area contributed by atoms with E-state index < -0.39 is 4.92 Å². The van der Waals surface area contributed by atoms with Crippen molar-refractivity contribution in [2.24, 2.45) is 0 Å². The fourth-order valence-corrected chi connectivity index (χ4v) is 1.96. The maximum absolute atomic E-state index is 10.9. The zero-order valence-electron chi connectivity index (χ0n) is 12.0. The van der Waals surface area contributed by atoms with Crippen LogP contribution in [0.4, 0.5) is 5.69 Å². The van der Waals surface area contributed by atoms with Gasteiger partial charge in [0.2, 0.25) is 0 Å². The summed E-state index contributed by atoms with van der Waals surface area (Å²) in [6.45, 7) is 0.892. The van der Waals surface area contributed by atoms with Crippen LogP contribution in [0, 0.1) is 10.1 Å². The van der Waals surface area contributed by atoms with Crippen molar-refractivity contribution in [1.82, 2.24) is 10.3 Å². The SMILES string of the molecule is CNCCCc1ncc(-c2ccc([N+](=O)[O-])c(OC)c2)o1. The molecule has 0 aliphatic carbocycles. The van der Waals surface area contributed by atoms with Crippen molar-refractivity contribution in [3.8, 4) is 17.1 Å². The van der Waals surface area contributed by atoms with Gasteiger partial charge in [-0.25, -0.2) is 4.98 Å². The number of aromatic nitrogens is 1. The third-order valence-corrected chi connectivity index (χ3v) is 3.03. The van der Waals surface area contributed by atoms with Crippen molar-refractivity contribution in [3.63, 3.8) is 0 Å². The fourth-order valence-electron chi connectivity index (χ4n) is 1.96. The molecule has 1 heterocycles. The Balaban J connectivity index is 2.20. The Morgan fingerprint density at radius 2 is 2.29 bits per heavy atom. The number of ether oxygens (including phenoxy) is 1. The number of oxazole rings is 1. The Labute approximate surface area is 122 Å². The first-order chi connectivity index (χ1) is 10.2. The molecule has 0 spiro atoms. The van der Waals surface area contributed by atoms with Gasteiger partial charge in [0.25, 0.3) is 0 Å². The first-order valence-electron chi connectivity index (χ1n) is 6.57. The molecule has 0 atom stereocenters. The van der Waals surface area contributed by atoms with Crippen molar-refractivity contribution in [2.75, 3.05) is 20.7 Å². The van der Waals surface area contributed by atoms with E-state index in [2.05, 4.69) is 10.3 Å². The zero-order valence-corrected chi connectivity index (χ0v) is 12.0. The van der Waals surface area contributed by atoms with Crippen molar-refractivity contribution in [3.05, 3.63) is 40.4 Å². The molecule has 2 aromatic rings. The summed E-state index contributed by atoms with van der Waals surface area (Å²) in [5, 5.41) is 13.9. The number of nitro groups is 1. The van der Waals surface area contributed by atoms with Crippen LogP contribution >= 0.6 is 0 Å². The van der Waals surface area contributed by atoms with Crippen LogP contribution < -0.4 is 10.1 Å². The molecule has 21 heavy (non-hydrogen) atoms. The Kier molecular flexibility index (Phi) is 4.89. The minimum absolute atomic E-state index is 0.0741. The van der Waals surface area contributed by atoms with Gasteiger partial charge in [0.05, 0.1) is 18.2 Å². The Hall–Kier alpha value is -2.41. The van der Waals surface area contributed by atoms with E-state index in [1.165, 1.54) is 13.2 Å². The third-order valence-electron chi connectivity index (χ3n) is 3.03. The average Bonchev–Trinajstić information content (AvgIpc) is 2.95. The minimum Gasteiger partial charge on any atom is -0.490 e. The topological polar surface area (TPSA) is 90.4 Å². The third kappa shape index (κ3) is 3.57. The molecule has 112 valence electrons. The van der Waals surface area contributed by atoms with E-state index in [1.807, 2.05) is 7.05 Å². The van der Waals surface area contributed by atoms with E-state index in [4.69, 9.17) is 9.15 Å². The number of benzene rings is 1. The van der Waals surface area contributed by atoms with Gasteiger partial charge in [0.1, 0.15) is 0 Å². The van der Waals surface area contributed by atoms with Gasteiger partial charge < -0.3 is 14.5 Å². The van der Waals surface area contributed by atoms with Crippen LogP contribution in [0.2, 0.25) is 0 Å². The molecule has 1 N–H and O–H groups in total. The van der Waals surface area contributed by atoms with Gasteiger partial charge in [-0.2, -0.15) is 0 Å². The molecule has 7 heteroatoms. The van der Waals surface area contributed by atoms with Gasteiger partial charge in [-0.1, -0.05) is 0 Å². The second kappa shape index (κ2) is 6.85. The molecule has 0 saturated heterocycles. The Morgan fingerprint density at radius 1 is 1.48 bits per heavy atom. The van der Waals surface area contributed by atoms with Crippen molar-refractivity contribution in [2.45, 2.75) is 12.8 Å². The summed E-state index contributed by atoms with van der Waals surface area (Å²) in [4.78, 5) is 14.6. The van der Waals surface area contributed by atoms with E-state index in [0.717, 1.165) is 19.4 Å². The molecule has 7 nitrogen and oxygen atoms in total. The van der Waals surface area contributed by atoms with Gasteiger partial charge >= 0.3 is 5.69 Å². The van der Waals surface area contributed by atoms with Crippen molar-refractivity contribution in [1.29, 1.82) is 0 Å². The maximum Gasteiger partial charge on any atom is 0.310 e. The predicted octanol–water partition coefficient (Wildman–Crippen LogP) is 2.41. The molecular formula is C14H17N3O4. The number of methoxy groups -OCH3 is 1. The number of aryl methyl sites for hydroxylation is 1. The minimum atomic E-state index is -0.480. The second-order valence-corrected chi connectivity index (χ2v) is 4.47. The highest BCUT2D eigenvalue weighted by Crippen LogP contribution is 2.32. The Bertz CT molecular complexity index is 624. The van der Waals surface area contributed by atoms with E-state index in [0.29, 0.717) is 17.2 Å². The number of nitro benzene ring substituents is 1. The van der Waals surface area contributed by atoms with E-state index in [1.54, 1.807) is 18.3 Å². The molecule has 2 rings (SSSR count). The van der Waals surface area contributed by atoms with Crippen LogP contribution in [0.1, 0.15) is 12.3 Å². The summed E-state index contributed by atoms with van der Waals surface area (Å²) in [5.41, 5.74) is 0.625. The van der Waals surface area contributed by atoms with Gasteiger partial charge in [-0.3, -0.25) is 10.1 Å². The van der Waals surface area contributed by atoms with Crippen LogP contribution in [0.25, 0.3) is 11.3 Å². The van der Waals surface area contributed by atoms with Gasteiger partial charge in [-0.05, 0) is 32.1 Å². The smallest absolute Gasteiger partial charge is 0.310 e. The molecule has 0 aliphatic heterocycles. The fraction of sp³-hybridized carbons (Fsp3) is 0.357. The first kappa shape index (κ1) is 15.0. The molecular weight excluding hydrogens is 274 g/mol. The molecule has 0 saturated carbocycles. The summed E-state index contributed by atoms with van der Waals surface area (Å²) in [5.74, 6) is 1.42. The number of hydrogen-bond acceptors (Lipinski definition) is 6. The first-order valence-corrected chi connectivity index (χ1v) is 6.57. The summed E-state index contributed by atoms with van der Waals surface area (Å²) in [6, 6.07) is 4.60. The van der Waals surface area contributed by atoms with Crippen LogP contribution in [-0.4, -0.2) is 30.6 Å². The van der Waals surface area contributed by atoms with Gasteiger partial charge in [0.15, 0.2) is 17.4 Å². The molecule has 0 amide bonds. The van der Waals surface area contributed by atoms with Crippen molar-refractivity contribution < 1.29 is 14.1 Å². The van der Waals surface area contributed by atoms with Gasteiger partial charge in [0, 0.05) is 18.1 Å². The molecule has 0 unspecified atom stereocenters. The lowest BCUT2D eigenvalue weighted by molar-refractivity contribution is -0.385. The molecule has 0 radical (unpaired) electrons. The van der Waals surface area contributed by atoms with Crippen LogP contribution in [0.15, 0.2) is 28.8 Å². The quantitative estimate of drug-likeness (QED) is 0.478. The maximum atomic E-state index is 10.9. The Morgan fingerprint density at radius 3 is 2.95 bits per heavy atom. The predicted molar refractivity (Wildman–Crippen MR) is 77.4 cm³/mol. The molecule has 0 bridgehead atoms. The summed E-state index contributed by atoms with van der Waals surface area (Å²) in [7, 11) is 3.29. The summed E-state index contributed by atoms with van der Waals surface area (Å²) >= 11 is 0. The number of nitrogens with one attached hydrogen (secondary N) is 1. The second-order valence-electron chi connectivity index (χ2n) is 4.47. The number of hydrogen-bond donors (Lipinski definition) is 1. The summed E-state index contributed by atoms with van der Waals surface area (Å²) < 4.78 is 10.7. The highest BCUT2D eigenvalue weighted by Gasteiger charge is 2.16. The monoisotopic (exact) mass is 291 g/mol. The molecule has 0 aliphatic rings. The highest BCUT2D eigenvalue weighted by atomic mass is 16.6. The largest absolute Gasteiger partial charge is 0.490 e. The highest BCUT2D eigenvalue weighted by molar-refractivity contribution is 5.63. The van der Waals surface area contributed by atoms with Gasteiger partial charge in [-0.15, -0.1) is 0 Å². The molecule has 1 aromatic carbocycles.